The topological polar surface area (TPSA) is 63.6 Å². The zero-order valence-electron chi connectivity index (χ0n) is 13.5. The van der Waals surface area contributed by atoms with Crippen LogP contribution >= 0.6 is 30.2 Å². The van der Waals surface area contributed by atoms with Gasteiger partial charge in [0.25, 0.3) is 0 Å². The Morgan fingerprint density at radius 1 is 1.12 bits per heavy atom. The normalized spacial score (nSPS) is 13.4. The third-order valence-corrected chi connectivity index (χ3v) is 6.24. The van der Waals surface area contributed by atoms with Gasteiger partial charge in [-0.05, 0) is 63.5 Å². The summed E-state index contributed by atoms with van der Waals surface area (Å²) in [6.07, 6.45) is -0.219. The van der Waals surface area contributed by atoms with E-state index in [0.29, 0.717) is 5.56 Å². The van der Waals surface area contributed by atoms with E-state index >= 15 is 0 Å². The van der Waals surface area contributed by atoms with Gasteiger partial charge in [-0.3, -0.25) is 0 Å². The fraction of sp³-hybridized carbons (Fsp3) is 0.105. The molecule has 1 N–H and O–H groups in total. The highest BCUT2D eigenvalue weighted by molar-refractivity contribution is 14.1. The van der Waals surface area contributed by atoms with Crippen molar-refractivity contribution in [2.45, 2.75) is 13.1 Å². The first-order valence-corrected chi connectivity index (χ1v) is 10.5. The maximum atomic E-state index is 12.5. The van der Waals surface area contributed by atoms with E-state index < -0.39 is 13.6 Å². The molecule has 3 aromatic rings. The predicted molar refractivity (Wildman–Crippen MR) is 107 cm³/mol. The summed E-state index contributed by atoms with van der Waals surface area (Å²) in [7, 11) is -4.12. The minimum atomic E-state index is -4.12. The molecule has 1 unspecified atom stereocenters. The molecule has 0 aliphatic rings. The average molecular weight is 466 g/mol. The molecule has 0 aromatic heterocycles. The van der Waals surface area contributed by atoms with Crippen LogP contribution in [0.1, 0.15) is 21.5 Å². The van der Waals surface area contributed by atoms with Crippen LogP contribution in [0.5, 0.6) is 0 Å². The number of halogens is 1. The molecule has 0 saturated carbocycles. The Balaban J connectivity index is 1.82. The fourth-order valence-electron chi connectivity index (χ4n) is 2.58. The van der Waals surface area contributed by atoms with Gasteiger partial charge in [-0.25, -0.2) is 9.36 Å². The third kappa shape index (κ3) is 4.29. The second kappa shape index (κ2) is 7.28. The van der Waals surface area contributed by atoms with Crippen molar-refractivity contribution >= 4 is 46.9 Å². The quantitative estimate of drug-likeness (QED) is 0.419. The first kappa shape index (κ1) is 18.1. The van der Waals surface area contributed by atoms with Gasteiger partial charge in [-0.1, -0.05) is 48.5 Å². The van der Waals surface area contributed by atoms with Gasteiger partial charge in [0, 0.05) is 3.57 Å². The first-order valence-electron chi connectivity index (χ1n) is 7.64. The van der Waals surface area contributed by atoms with Crippen LogP contribution < -0.4 is 0 Å². The Morgan fingerprint density at radius 2 is 1.84 bits per heavy atom. The molecule has 0 aliphatic carbocycles. The second-order valence-corrected chi connectivity index (χ2v) is 8.71. The molecule has 3 aromatic carbocycles. The number of fused-ring (bicyclic) bond motifs is 1. The maximum Gasteiger partial charge on any atom is 0.383 e. The molecule has 0 saturated heterocycles. The molecule has 0 bridgehead atoms. The molecule has 0 fully saturated rings. The van der Waals surface area contributed by atoms with E-state index in [0.717, 1.165) is 19.9 Å². The number of carbonyl (C=O) groups is 1. The van der Waals surface area contributed by atoms with Crippen molar-refractivity contribution in [1.29, 1.82) is 0 Å². The highest BCUT2D eigenvalue weighted by atomic mass is 127. The van der Waals surface area contributed by atoms with Gasteiger partial charge in [0.2, 0.25) is 0 Å². The molecule has 4 nitrogen and oxygen atoms in total. The molecule has 0 spiro atoms. The van der Waals surface area contributed by atoms with Crippen LogP contribution in [0.3, 0.4) is 0 Å². The highest BCUT2D eigenvalue weighted by Crippen LogP contribution is 2.47. The maximum absolute atomic E-state index is 12.5. The van der Waals surface area contributed by atoms with Crippen molar-refractivity contribution in [3.05, 3.63) is 80.9 Å². The summed E-state index contributed by atoms with van der Waals surface area (Å²) >= 11 is 2.11. The number of carbonyl (C=O) groups excluding carboxylic acids is 1. The lowest BCUT2D eigenvalue weighted by molar-refractivity contribution is 0.0716. The SMILES string of the molecule is Cc1ccc(C(=O)OP(=O)(O)Cc2cccc3ccccc23)cc1I. The van der Waals surface area contributed by atoms with Crippen molar-refractivity contribution in [2.24, 2.45) is 0 Å². The van der Waals surface area contributed by atoms with Crippen LogP contribution in [0.15, 0.2) is 60.7 Å². The van der Waals surface area contributed by atoms with Crippen molar-refractivity contribution in [3.8, 4) is 0 Å². The average Bonchev–Trinajstić information content (AvgIpc) is 2.57. The van der Waals surface area contributed by atoms with Crippen LogP contribution in [-0.4, -0.2) is 10.9 Å². The third-order valence-electron chi connectivity index (χ3n) is 3.88. The number of benzene rings is 3. The number of rotatable bonds is 4. The lowest BCUT2D eigenvalue weighted by Crippen LogP contribution is -2.05. The van der Waals surface area contributed by atoms with E-state index in [9.17, 15) is 14.3 Å². The zero-order valence-corrected chi connectivity index (χ0v) is 16.5. The first-order chi connectivity index (χ1) is 11.9. The Labute approximate surface area is 159 Å². The van der Waals surface area contributed by atoms with Gasteiger partial charge < -0.3 is 9.42 Å². The second-order valence-electron chi connectivity index (χ2n) is 5.78. The standard InChI is InChI=1S/C19H16IO4P/c1-13-9-10-15(11-18(13)20)19(21)24-25(22,23)12-16-7-4-6-14-5-2-3-8-17(14)16/h2-11H,12H2,1H3,(H,22,23). The van der Waals surface area contributed by atoms with Gasteiger partial charge >= 0.3 is 13.6 Å². The lowest BCUT2D eigenvalue weighted by atomic mass is 10.1. The molecule has 3 rings (SSSR count). The van der Waals surface area contributed by atoms with Gasteiger partial charge in [-0.15, -0.1) is 0 Å². The number of aryl methyl sites for hydroxylation is 1. The van der Waals surface area contributed by atoms with Gasteiger partial charge in [0.05, 0.1) is 11.7 Å². The fourth-order valence-corrected chi connectivity index (χ4v) is 4.23. The molecule has 0 amide bonds. The minimum absolute atomic E-state index is 0.219. The summed E-state index contributed by atoms with van der Waals surface area (Å²) in [6, 6.07) is 18.1. The van der Waals surface area contributed by atoms with Gasteiger partial charge in [0.15, 0.2) is 0 Å². The Kier molecular flexibility index (Phi) is 5.27. The summed E-state index contributed by atoms with van der Waals surface area (Å²) < 4.78 is 18.3. The Morgan fingerprint density at radius 3 is 2.60 bits per heavy atom. The minimum Gasteiger partial charge on any atom is -0.388 e. The van der Waals surface area contributed by atoms with E-state index in [1.165, 1.54) is 0 Å². The summed E-state index contributed by atoms with van der Waals surface area (Å²) in [4.78, 5) is 22.4. The van der Waals surface area contributed by atoms with Gasteiger partial charge in [0.1, 0.15) is 0 Å². The Bertz CT molecular complexity index is 994. The van der Waals surface area contributed by atoms with E-state index in [-0.39, 0.29) is 11.7 Å². The summed E-state index contributed by atoms with van der Waals surface area (Å²) in [5, 5.41) is 1.85. The van der Waals surface area contributed by atoms with E-state index in [2.05, 4.69) is 22.6 Å². The van der Waals surface area contributed by atoms with Crippen LogP contribution in [0.25, 0.3) is 10.8 Å². The van der Waals surface area contributed by atoms with Crippen molar-refractivity contribution in [3.63, 3.8) is 0 Å². The summed E-state index contributed by atoms with van der Waals surface area (Å²) in [5.74, 6) is -0.788. The number of hydrogen-bond donors (Lipinski definition) is 1. The Hall–Kier alpha value is -1.69. The highest BCUT2D eigenvalue weighted by Gasteiger charge is 2.26. The molecule has 1 atom stereocenters. The van der Waals surface area contributed by atoms with Crippen molar-refractivity contribution < 1.29 is 18.8 Å². The molecular formula is C19H16IO4P. The summed E-state index contributed by atoms with van der Waals surface area (Å²) in [5.41, 5.74) is 1.97. The lowest BCUT2D eigenvalue weighted by Gasteiger charge is -2.14. The molecular weight excluding hydrogens is 450 g/mol. The van der Waals surface area contributed by atoms with Crippen molar-refractivity contribution in [2.75, 3.05) is 0 Å². The molecule has 0 radical (unpaired) electrons. The van der Waals surface area contributed by atoms with Crippen LogP contribution in [0.4, 0.5) is 0 Å². The largest absolute Gasteiger partial charge is 0.388 e. The van der Waals surface area contributed by atoms with Gasteiger partial charge in [-0.2, -0.15) is 0 Å². The molecule has 0 aliphatic heterocycles. The molecule has 6 heteroatoms. The van der Waals surface area contributed by atoms with E-state index in [4.69, 9.17) is 4.52 Å². The molecule has 25 heavy (non-hydrogen) atoms. The van der Waals surface area contributed by atoms with Crippen LogP contribution in [0.2, 0.25) is 0 Å². The predicted octanol–water partition coefficient (Wildman–Crippen LogP) is 5.30. The molecule has 0 heterocycles. The summed E-state index contributed by atoms with van der Waals surface area (Å²) in [6.45, 7) is 1.92. The van der Waals surface area contributed by atoms with E-state index in [1.54, 1.807) is 24.3 Å². The smallest absolute Gasteiger partial charge is 0.383 e. The zero-order chi connectivity index (χ0) is 18.0. The molecule has 128 valence electrons. The van der Waals surface area contributed by atoms with Crippen LogP contribution in [-0.2, 0) is 15.3 Å². The van der Waals surface area contributed by atoms with E-state index in [1.807, 2.05) is 43.3 Å². The van der Waals surface area contributed by atoms with Crippen molar-refractivity contribution in [1.82, 2.24) is 0 Å². The monoisotopic (exact) mass is 466 g/mol. The van der Waals surface area contributed by atoms with Crippen LogP contribution in [0, 0.1) is 10.5 Å². The number of hydrogen-bond acceptors (Lipinski definition) is 3.